The first-order valence-corrected chi connectivity index (χ1v) is 12.8. The van der Waals surface area contributed by atoms with E-state index in [9.17, 15) is 19.2 Å². The number of nitrogens with two attached hydrogens (primary N) is 1. The van der Waals surface area contributed by atoms with Gasteiger partial charge in [-0.05, 0) is 72.5 Å². The van der Waals surface area contributed by atoms with Crippen LogP contribution in [0.15, 0.2) is 72.8 Å². The maximum atomic E-state index is 13.1. The van der Waals surface area contributed by atoms with Gasteiger partial charge >= 0.3 is 12.0 Å². The summed E-state index contributed by atoms with van der Waals surface area (Å²) in [5, 5.41) is 17.4. The van der Waals surface area contributed by atoms with Gasteiger partial charge in [-0.2, -0.15) is 0 Å². The van der Waals surface area contributed by atoms with E-state index in [-0.39, 0.29) is 42.9 Å². The summed E-state index contributed by atoms with van der Waals surface area (Å²) in [6.07, 6.45) is 0.0462. The number of urea groups is 1. The molecular formula is C30H35N5O5. The van der Waals surface area contributed by atoms with Crippen molar-refractivity contribution in [2.45, 2.75) is 27.2 Å². The number of amides is 4. The molecule has 10 nitrogen and oxygen atoms in total. The van der Waals surface area contributed by atoms with E-state index < -0.39 is 11.4 Å². The quantitative estimate of drug-likeness (QED) is 0.245. The molecule has 3 aromatic carbocycles. The zero-order valence-electron chi connectivity index (χ0n) is 22.9. The van der Waals surface area contributed by atoms with Gasteiger partial charge in [0, 0.05) is 23.6 Å². The van der Waals surface area contributed by atoms with Crippen LogP contribution < -0.4 is 26.6 Å². The Morgan fingerprint density at radius 2 is 1.55 bits per heavy atom. The lowest BCUT2D eigenvalue weighted by molar-refractivity contribution is -0.124. The first kappa shape index (κ1) is 29.9. The number of benzene rings is 3. The Hall–Kier alpha value is -4.70. The lowest BCUT2D eigenvalue weighted by Crippen LogP contribution is -2.46. The van der Waals surface area contributed by atoms with Crippen molar-refractivity contribution in [3.8, 4) is 0 Å². The SMILES string of the molecule is Cc1ccccc1NC(=O)Nc1ccc(CC(=O)NCC(=O)N(CC(C)(C)CN)c2ccc(C(=O)O)cc2)cc1. The summed E-state index contributed by atoms with van der Waals surface area (Å²) < 4.78 is 0. The molecule has 0 atom stereocenters. The number of hydrogen-bond donors (Lipinski definition) is 5. The van der Waals surface area contributed by atoms with E-state index in [2.05, 4.69) is 16.0 Å². The Kier molecular flexibility index (Phi) is 9.99. The van der Waals surface area contributed by atoms with Crippen molar-refractivity contribution >= 4 is 40.9 Å². The Morgan fingerprint density at radius 1 is 0.900 bits per heavy atom. The Bertz CT molecular complexity index is 1350. The molecule has 4 amide bonds. The summed E-state index contributed by atoms with van der Waals surface area (Å²) in [6, 6.07) is 19.9. The highest BCUT2D eigenvalue weighted by Gasteiger charge is 2.25. The fraction of sp³-hybridized carbons (Fsp3) is 0.267. The molecule has 0 aromatic heterocycles. The van der Waals surface area contributed by atoms with Crippen molar-refractivity contribution < 1.29 is 24.3 Å². The Morgan fingerprint density at radius 3 is 2.15 bits per heavy atom. The van der Waals surface area contributed by atoms with E-state index in [1.807, 2.05) is 45.0 Å². The fourth-order valence-electron chi connectivity index (χ4n) is 3.82. The number of carboxylic acid groups (broad SMARTS) is 1. The number of hydrogen-bond acceptors (Lipinski definition) is 5. The van der Waals surface area contributed by atoms with Crippen LogP contribution in [0.1, 0.15) is 35.3 Å². The Labute approximate surface area is 233 Å². The van der Waals surface area contributed by atoms with Crippen LogP contribution in [0.4, 0.5) is 21.9 Å². The molecule has 0 saturated carbocycles. The second kappa shape index (κ2) is 13.4. The van der Waals surface area contributed by atoms with Crippen LogP contribution in [-0.4, -0.2) is 48.6 Å². The molecule has 0 spiro atoms. The normalized spacial score (nSPS) is 10.9. The number of carbonyl (C=O) groups excluding carboxylic acids is 3. The van der Waals surface area contributed by atoms with Crippen molar-refractivity contribution in [3.63, 3.8) is 0 Å². The highest BCUT2D eigenvalue weighted by molar-refractivity contribution is 6.00. The average Bonchev–Trinajstić information content (AvgIpc) is 2.93. The number of aryl methyl sites for hydroxylation is 1. The minimum atomic E-state index is -1.06. The smallest absolute Gasteiger partial charge is 0.335 e. The lowest BCUT2D eigenvalue weighted by atomic mass is 9.92. The molecule has 0 saturated heterocycles. The third-order valence-corrected chi connectivity index (χ3v) is 6.27. The molecule has 6 N–H and O–H groups in total. The largest absolute Gasteiger partial charge is 0.478 e. The number of anilines is 3. The maximum absolute atomic E-state index is 13.1. The molecule has 40 heavy (non-hydrogen) atoms. The van der Waals surface area contributed by atoms with Crippen LogP contribution in [0.2, 0.25) is 0 Å². The molecule has 0 unspecified atom stereocenters. The highest BCUT2D eigenvalue weighted by atomic mass is 16.4. The molecule has 210 valence electrons. The van der Waals surface area contributed by atoms with E-state index in [1.54, 1.807) is 36.4 Å². The number of rotatable bonds is 11. The Balaban J connectivity index is 1.56. The molecule has 10 heteroatoms. The lowest BCUT2D eigenvalue weighted by Gasteiger charge is -2.32. The number of para-hydroxylation sites is 1. The number of nitrogens with one attached hydrogen (secondary N) is 3. The van der Waals surface area contributed by atoms with Gasteiger partial charge in [-0.15, -0.1) is 0 Å². The van der Waals surface area contributed by atoms with Gasteiger partial charge in [0.15, 0.2) is 0 Å². The van der Waals surface area contributed by atoms with E-state index in [1.165, 1.54) is 17.0 Å². The molecule has 0 radical (unpaired) electrons. The third kappa shape index (κ3) is 8.67. The molecule has 3 aromatic rings. The van der Waals surface area contributed by atoms with E-state index in [0.717, 1.165) is 5.56 Å². The summed E-state index contributed by atoms with van der Waals surface area (Å²) >= 11 is 0. The first-order chi connectivity index (χ1) is 19.0. The van der Waals surface area contributed by atoms with Gasteiger partial charge in [0.05, 0.1) is 18.5 Å². The van der Waals surface area contributed by atoms with Crippen molar-refractivity contribution in [2.24, 2.45) is 11.1 Å². The van der Waals surface area contributed by atoms with Gasteiger partial charge < -0.3 is 31.7 Å². The average molecular weight is 546 g/mol. The van der Waals surface area contributed by atoms with Crippen LogP contribution >= 0.6 is 0 Å². The predicted octanol–water partition coefficient (Wildman–Crippen LogP) is 4.01. The standard InChI is InChI=1S/C30H35N5O5/c1-20-6-4-5-7-25(20)34-29(40)33-23-12-8-21(9-13-23)16-26(36)32-17-27(37)35(19-30(2,3)18-31)24-14-10-22(11-15-24)28(38)39/h4-15H,16-19,31H2,1-3H3,(H,32,36)(H,38,39)(H2,33,34,40). The summed E-state index contributed by atoms with van der Waals surface area (Å²) in [5.74, 6) is -1.75. The van der Waals surface area contributed by atoms with Crippen LogP contribution in [-0.2, 0) is 16.0 Å². The van der Waals surface area contributed by atoms with Crippen molar-refractivity contribution in [3.05, 3.63) is 89.5 Å². The van der Waals surface area contributed by atoms with Crippen LogP contribution in [0.5, 0.6) is 0 Å². The zero-order valence-corrected chi connectivity index (χ0v) is 22.9. The number of carbonyl (C=O) groups is 4. The molecule has 0 aliphatic carbocycles. The summed E-state index contributed by atoms with van der Waals surface area (Å²) in [5.41, 5.74) is 9.02. The van der Waals surface area contributed by atoms with Gasteiger partial charge in [-0.25, -0.2) is 9.59 Å². The second-order valence-electron chi connectivity index (χ2n) is 10.2. The van der Waals surface area contributed by atoms with Crippen LogP contribution in [0, 0.1) is 12.3 Å². The second-order valence-corrected chi connectivity index (χ2v) is 10.2. The summed E-state index contributed by atoms with van der Waals surface area (Å²) in [7, 11) is 0. The van der Waals surface area contributed by atoms with Gasteiger partial charge in [0.1, 0.15) is 0 Å². The highest BCUT2D eigenvalue weighted by Crippen LogP contribution is 2.22. The molecule has 0 fully saturated rings. The fourth-order valence-corrected chi connectivity index (χ4v) is 3.82. The molecule has 0 aliphatic rings. The van der Waals surface area contributed by atoms with E-state index in [4.69, 9.17) is 10.8 Å². The van der Waals surface area contributed by atoms with Crippen LogP contribution in [0.3, 0.4) is 0 Å². The number of nitrogens with zero attached hydrogens (tertiary/aromatic N) is 1. The van der Waals surface area contributed by atoms with Crippen LogP contribution in [0.25, 0.3) is 0 Å². The zero-order chi connectivity index (χ0) is 29.3. The number of aromatic carboxylic acids is 1. The topological polar surface area (TPSA) is 154 Å². The van der Waals surface area contributed by atoms with Gasteiger partial charge in [0.25, 0.3) is 0 Å². The third-order valence-electron chi connectivity index (χ3n) is 6.27. The molecule has 0 aliphatic heterocycles. The van der Waals surface area contributed by atoms with Crippen molar-refractivity contribution in [2.75, 3.05) is 35.2 Å². The summed E-state index contributed by atoms with van der Waals surface area (Å²) in [6.45, 7) is 6.12. The summed E-state index contributed by atoms with van der Waals surface area (Å²) in [4.78, 5) is 50.7. The van der Waals surface area contributed by atoms with Crippen molar-refractivity contribution in [1.82, 2.24) is 5.32 Å². The molecule has 0 heterocycles. The van der Waals surface area contributed by atoms with Gasteiger partial charge in [-0.1, -0.05) is 44.2 Å². The van der Waals surface area contributed by atoms with Gasteiger partial charge in [0.2, 0.25) is 11.8 Å². The minimum Gasteiger partial charge on any atom is -0.478 e. The van der Waals surface area contributed by atoms with E-state index >= 15 is 0 Å². The molecule has 0 bridgehead atoms. The molecule has 3 rings (SSSR count). The monoisotopic (exact) mass is 545 g/mol. The maximum Gasteiger partial charge on any atom is 0.335 e. The number of carboxylic acids is 1. The van der Waals surface area contributed by atoms with Crippen molar-refractivity contribution in [1.29, 1.82) is 0 Å². The van der Waals surface area contributed by atoms with Gasteiger partial charge in [-0.3, -0.25) is 9.59 Å². The molecular weight excluding hydrogens is 510 g/mol. The van der Waals surface area contributed by atoms with E-state index in [0.29, 0.717) is 29.2 Å². The first-order valence-electron chi connectivity index (χ1n) is 12.8. The minimum absolute atomic E-state index is 0.0462. The predicted molar refractivity (Wildman–Crippen MR) is 156 cm³/mol.